The summed E-state index contributed by atoms with van der Waals surface area (Å²) in [6, 6.07) is 12.6. The number of benzene rings is 2. The minimum Gasteiger partial charge on any atom is -0.465 e. The van der Waals surface area contributed by atoms with Gasteiger partial charge in [-0.1, -0.05) is 24.3 Å². The molecule has 0 bridgehead atoms. The van der Waals surface area contributed by atoms with Crippen LogP contribution in [-0.2, 0) is 4.74 Å². The molecule has 0 radical (unpaired) electrons. The van der Waals surface area contributed by atoms with Gasteiger partial charge in [0, 0.05) is 30.7 Å². The van der Waals surface area contributed by atoms with Gasteiger partial charge in [0.05, 0.1) is 30.0 Å². The van der Waals surface area contributed by atoms with Crippen molar-refractivity contribution in [3.05, 3.63) is 71.5 Å². The minimum atomic E-state index is -0.868. The van der Waals surface area contributed by atoms with Gasteiger partial charge < -0.3 is 19.5 Å². The van der Waals surface area contributed by atoms with E-state index in [2.05, 4.69) is 5.10 Å². The number of likely N-dealkylation sites (tertiary alicyclic amines) is 1. The molecule has 0 unspecified atom stereocenters. The summed E-state index contributed by atoms with van der Waals surface area (Å²) in [4.78, 5) is 27.1. The van der Waals surface area contributed by atoms with Crippen LogP contribution in [0.2, 0.25) is 0 Å². The summed E-state index contributed by atoms with van der Waals surface area (Å²) in [5.41, 5.74) is 1.53. The Morgan fingerprint density at radius 1 is 1.06 bits per heavy atom. The maximum atomic E-state index is 13.2. The Kier molecular flexibility index (Phi) is 5.25. The van der Waals surface area contributed by atoms with Gasteiger partial charge in [-0.3, -0.25) is 4.79 Å². The summed E-state index contributed by atoms with van der Waals surface area (Å²) in [6.45, 7) is 4.41. The molecule has 2 aromatic heterocycles. The minimum absolute atomic E-state index is 0.139. The van der Waals surface area contributed by atoms with Crippen LogP contribution < -0.4 is 4.74 Å². The maximum Gasteiger partial charge on any atom is 0.338 e. The highest BCUT2D eigenvalue weighted by Gasteiger charge is 2.35. The van der Waals surface area contributed by atoms with E-state index in [1.54, 1.807) is 46.9 Å². The number of aromatic nitrogens is 2. The van der Waals surface area contributed by atoms with Gasteiger partial charge in [-0.25, -0.2) is 9.31 Å². The number of aryl methyl sites for hydroxylation is 1. The fraction of sp³-hybridized carbons (Fsp3) is 0.269. The predicted molar refractivity (Wildman–Crippen MR) is 126 cm³/mol. The van der Waals surface area contributed by atoms with Crippen LogP contribution in [0.5, 0.6) is 11.5 Å². The van der Waals surface area contributed by atoms with Crippen LogP contribution in [-0.4, -0.2) is 57.3 Å². The topological polar surface area (TPSA) is 93.4 Å². The lowest BCUT2D eigenvalue weighted by atomic mass is 10.0. The van der Waals surface area contributed by atoms with Crippen LogP contribution in [0.4, 0.5) is 0 Å². The van der Waals surface area contributed by atoms with E-state index in [1.807, 2.05) is 31.2 Å². The van der Waals surface area contributed by atoms with Crippen LogP contribution in [0.25, 0.3) is 16.3 Å². The van der Waals surface area contributed by atoms with Crippen molar-refractivity contribution in [1.82, 2.24) is 14.5 Å². The monoisotopic (exact) mass is 459 g/mol. The lowest BCUT2D eigenvalue weighted by Gasteiger charge is -2.18. The van der Waals surface area contributed by atoms with Gasteiger partial charge in [0.1, 0.15) is 11.3 Å². The fourth-order valence-corrected chi connectivity index (χ4v) is 4.59. The molecule has 34 heavy (non-hydrogen) atoms. The highest BCUT2D eigenvalue weighted by Crippen LogP contribution is 2.35. The van der Waals surface area contributed by atoms with Gasteiger partial charge in [0.15, 0.2) is 5.75 Å². The number of aliphatic hydroxyl groups is 1. The number of carbonyl (C=O) groups excluding carboxylic acids is 2. The average molecular weight is 460 g/mol. The van der Waals surface area contributed by atoms with Gasteiger partial charge in [-0.15, -0.1) is 0 Å². The molecule has 174 valence electrons. The van der Waals surface area contributed by atoms with Gasteiger partial charge in [0.2, 0.25) is 0 Å². The van der Waals surface area contributed by atoms with E-state index in [0.717, 1.165) is 16.3 Å². The Balaban J connectivity index is 1.55. The molecule has 4 aromatic rings. The predicted octanol–water partition coefficient (Wildman–Crippen LogP) is 3.97. The Hall–Kier alpha value is -3.91. The van der Waals surface area contributed by atoms with Crippen molar-refractivity contribution in [3.63, 3.8) is 0 Å². The third-order valence-electron chi connectivity index (χ3n) is 6.37. The second-order valence-corrected chi connectivity index (χ2v) is 8.88. The number of methoxy groups -OCH3 is 1. The van der Waals surface area contributed by atoms with E-state index in [-0.39, 0.29) is 5.91 Å². The first-order valence-electron chi connectivity index (χ1n) is 11.1. The van der Waals surface area contributed by atoms with E-state index in [1.165, 1.54) is 7.11 Å². The number of hydrogen-bond donors (Lipinski definition) is 1. The van der Waals surface area contributed by atoms with Crippen molar-refractivity contribution in [3.8, 4) is 11.5 Å². The van der Waals surface area contributed by atoms with Crippen LogP contribution in [0.15, 0.2) is 54.9 Å². The first kappa shape index (κ1) is 21.9. The molecule has 1 aliphatic heterocycles. The number of fused-ring (bicyclic) bond motifs is 2. The van der Waals surface area contributed by atoms with Crippen molar-refractivity contribution in [2.45, 2.75) is 25.9 Å². The fourth-order valence-electron chi connectivity index (χ4n) is 4.59. The second kappa shape index (κ2) is 8.14. The van der Waals surface area contributed by atoms with Gasteiger partial charge in [-0.05, 0) is 43.4 Å². The average Bonchev–Trinajstić information content (AvgIpc) is 3.37. The molecule has 8 heteroatoms. The largest absolute Gasteiger partial charge is 0.465 e. The van der Waals surface area contributed by atoms with Crippen molar-refractivity contribution < 1.29 is 24.2 Å². The number of carbonyl (C=O) groups is 2. The molecular weight excluding hydrogens is 434 g/mol. The molecule has 3 heterocycles. The number of β-amino-alcohol motifs (C(OH)–C–C–N with tert-alkyl or cyclic N) is 1. The maximum absolute atomic E-state index is 13.2. The molecule has 1 N–H and O–H groups in total. The molecule has 8 nitrogen and oxygen atoms in total. The summed E-state index contributed by atoms with van der Waals surface area (Å²) >= 11 is 0. The van der Waals surface area contributed by atoms with Crippen molar-refractivity contribution >= 4 is 28.2 Å². The SMILES string of the molecule is COC(=O)c1cccc2c(Oc3ccnn4cc(C(=O)N5CC[C@@](C)(O)C5)c(C)c34)cccc12. The van der Waals surface area contributed by atoms with E-state index in [0.29, 0.717) is 47.7 Å². The van der Waals surface area contributed by atoms with Crippen LogP contribution in [0, 0.1) is 6.92 Å². The smallest absolute Gasteiger partial charge is 0.338 e. The molecule has 2 aromatic carbocycles. The van der Waals surface area contributed by atoms with E-state index < -0.39 is 11.6 Å². The molecule has 1 amide bonds. The molecular formula is C26H25N3O5. The first-order valence-corrected chi connectivity index (χ1v) is 11.1. The van der Waals surface area contributed by atoms with Crippen molar-refractivity contribution in [2.75, 3.05) is 20.2 Å². The molecule has 1 saturated heterocycles. The molecule has 0 saturated carbocycles. The number of amides is 1. The molecule has 1 atom stereocenters. The van der Waals surface area contributed by atoms with Crippen LogP contribution in [0.1, 0.15) is 39.6 Å². The number of ether oxygens (including phenoxy) is 2. The van der Waals surface area contributed by atoms with E-state index in [4.69, 9.17) is 9.47 Å². The lowest BCUT2D eigenvalue weighted by Crippen LogP contribution is -2.34. The second-order valence-electron chi connectivity index (χ2n) is 8.88. The third kappa shape index (κ3) is 3.66. The zero-order valence-corrected chi connectivity index (χ0v) is 19.2. The summed E-state index contributed by atoms with van der Waals surface area (Å²) in [7, 11) is 1.35. The molecule has 5 rings (SSSR count). The van der Waals surface area contributed by atoms with Crippen LogP contribution in [0.3, 0.4) is 0 Å². The van der Waals surface area contributed by atoms with Crippen molar-refractivity contribution in [2.24, 2.45) is 0 Å². The summed E-state index contributed by atoms with van der Waals surface area (Å²) in [6.07, 6.45) is 3.86. The first-order chi connectivity index (χ1) is 16.3. The molecule has 1 fully saturated rings. The molecule has 0 aliphatic carbocycles. The summed E-state index contributed by atoms with van der Waals surface area (Å²) in [5.74, 6) is 0.552. The Bertz CT molecular complexity index is 1440. The van der Waals surface area contributed by atoms with E-state index >= 15 is 0 Å². The molecule has 0 spiro atoms. The van der Waals surface area contributed by atoms with Gasteiger partial charge in [0.25, 0.3) is 5.91 Å². The zero-order chi connectivity index (χ0) is 24.0. The number of nitrogens with zero attached hydrogens (tertiary/aromatic N) is 3. The molecule has 1 aliphatic rings. The Morgan fingerprint density at radius 3 is 2.56 bits per heavy atom. The lowest BCUT2D eigenvalue weighted by molar-refractivity contribution is 0.0572. The van der Waals surface area contributed by atoms with Crippen LogP contribution >= 0.6 is 0 Å². The Morgan fingerprint density at radius 2 is 1.82 bits per heavy atom. The quantitative estimate of drug-likeness (QED) is 0.464. The number of esters is 1. The van der Waals surface area contributed by atoms with Gasteiger partial charge in [-0.2, -0.15) is 5.10 Å². The van der Waals surface area contributed by atoms with Gasteiger partial charge >= 0.3 is 5.97 Å². The number of rotatable bonds is 4. The van der Waals surface area contributed by atoms with Crippen molar-refractivity contribution in [1.29, 1.82) is 0 Å². The zero-order valence-electron chi connectivity index (χ0n) is 19.2. The summed E-state index contributed by atoms with van der Waals surface area (Å²) < 4.78 is 12.9. The highest BCUT2D eigenvalue weighted by molar-refractivity contribution is 6.06. The Labute approximate surface area is 196 Å². The normalized spacial score (nSPS) is 17.9. The third-order valence-corrected chi connectivity index (χ3v) is 6.37. The highest BCUT2D eigenvalue weighted by atomic mass is 16.5. The summed E-state index contributed by atoms with van der Waals surface area (Å²) in [5, 5.41) is 16.1. The number of hydrogen-bond acceptors (Lipinski definition) is 6. The van der Waals surface area contributed by atoms with E-state index in [9.17, 15) is 14.7 Å². The standard InChI is InChI=1S/C26H25N3O5/c1-16-20(24(30)28-13-11-26(2,32)15-28)14-29-23(16)22(10-12-27-29)34-21-9-5-6-17-18(21)7-4-8-19(17)25(31)33-3/h4-10,12,14,32H,11,13,15H2,1-3H3/t26-/m1/s1.